The summed E-state index contributed by atoms with van der Waals surface area (Å²) in [4.78, 5) is 92.1. The predicted molar refractivity (Wildman–Crippen MR) is 196 cm³/mol. The van der Waals surface area contributed by atoms with Gasteiger partial charge in [0.1, 0.15) is 30.2 Å². The maximum atomic E-state index is 14.0. The molecule has 284 valence electrons. The molecule has 2 aliphatic heterocycles. The van der Waals surface area contributed by atoms with Crippen molar-refractivity contribution < 1.29 is 47.8 Å². The molecule has 0 aliphatic carbocycles. The number of urea groups is 1. The molecule has 3 heterocycles. The number of para-hydroxylation sites is 1. The highest BCUT2D eigenvalue weighted by Gasteiger charge is 2.45. The molecule has 5 rings (SSSR count). The Morgan fingerprint density at radius 1 is 0.944 bits per heavy atom. The third kappa shape index (κ3) is 11.0. The number of carbonyl (C=O) groups is 7. The molecule has 5 amide bonds. The fourth-order valence-corrected chi connectivity index (χ4v) is 6.56. The van der Waals surface area contributed by atoms with E-state index in [-0.39, 0.29) is 51.7 Å². The average molecular weight is 760 g/mol. The van der Waals surface area contributed by atoms with Crippen LogP contribution in [0.5, 0.6) is 11.5 Å². The number of hydrogen-bond donors (Lipinski definition) is 3. The first-order valence-electron chi connectivity index (χ1n) is 17.4. The van der Waals surface area contributed by atoms with Gasteiger partial charge in [-0.2, -0.15) is 11.3 Å². The number of benzene rings is 2. The summed E-state index contributed by atoms with van der Waals surface area (Å²) in [5, 5.41) is 13.8. The number of nitrogens with zero attached hydrogens (tertiary/aromatic N) is 2. The van der Waals surface area contributed by atoms with Crippen molar-refractivity contribution >= 4 is 58.5 Å². The summed E-state index contributed by atoms with van der Waals surface area (Å²) in [6.07, 6.45) is 1.34. The second-order valence-electron chi connectivity index (χ2n) is 12.5. The number of rotatable bonds is 16. The SMILES string of the molecule is C=CCOC(=O)CC[C@H](NC(=O)[C@@H]1CCCN2C(=O)CC[C@H](NC(=O)Nc3ccc(Oc4ccccc4)cc3)C(=O)N12)C(=O)COC(=O)Cc1ccsc1. The first-order chi connectivity index (χ1) is 26.1. The molecular weight excluding hydrogens is 719 g/mol. The van der Waals surface area contributed by atoms with Gasteiger partial charge >= 0.3 is 18.0 Å². The fourth-order valence-electron chi connectivity index (χ4n) is 5.89. The summed E-state index contributed by atoms with van der Waals surface area (Å²) in [6.45, 7) is 2.95. The second-order valence-corrected chi connectivity index (χ2v) is 13.3. The predicted octanol–water partition coefficient (Wildman–Crippen LogP) is 3.91. The number of esters is 2. The first-order valence-corrected chi connectivity index (χ1v) is 18.4. The lowest BCUT2D eigenvalue weighted by atomic mass is 10.0. The number of hydrogen-bond acceptors (Lipinski definition) is 11. The fraction of sp³-hybridized carbons (Fsp3) is 0.342. The molecule has 2 saturated heterocycles. The van der Waals surface area contributed by atoms with Gasteiger partial charge in [-0.25, -0.2) is 9.80 Å². The van der Waals surface area contributed by atoms with E-state index in [0.29, 0.717) is 23.6 Å². The van der Waals surface area contributed by atoms with E-state index >= 15 is 0 Å². The van der Waals surface area contributed by atoms with Crippen molar-refractivity contribution in [3.05, 3.63) is 89.6 Å². The van der Waals surface area contributed by atoms with E-state index < -0.39 is 66.2 Å². The van der Waals surface area contributed by atoms with Gasteiger partial charge in [-0.05, 0) is 84.5 Å². The maximum absolute atomic E-state index is 14.0. The van der Waals surface area contributed by atoms with Crippen LogP contribution >= 0.6 is 11.3 Å². The van der Waals surface area contributed by atoms with Gasteiger partial charge in [-0.1, -0.05) is 30.9 Å². The summed E-state index contributed by atoms with van der Waals surface area (Å²) in [7, 11) is 0. The normalized spacial score (nSPS) is 17.3. The zero-order valence-electron chi connectivity index (χ0n) is 29.4. The van der Waals surface area contributed by atoms with Gasteiger partial charge in [0, 0.05) is 25.1 Å². The molecule has 0 saturated carbocycles. The lowest BCUT2D eigenvalue weighted by Crippen LogP contribution is -2.64. The van der Waals surface area contributed by atoms with Crippen LogP contribution in [0.4, 0.5) is 10.5 Å². The second kappa shape index (κ2) is 19.2. The Kier molecular flexibility index (Phi) is 13.9. The molecule has 54 heavy (non-hydrogen) atoms. The maximum Gasteiger partial charge on any atom is 0.319 e. The van der Waals surface area contributed by atoms with E-state index in [4.69, 9.17) is 14.2 Å². The number of anilines is 1. The molecule has 3 N–H and O–H groups in total. The molecular formula is C38H41N5O10S. The highest BCUT2D eigenvalue weighted by molar-refractivity contribution is 7.08. The summed E-state index contributed by atoms with van der Waals surface area (Å²) >= 11 is 1.41. The Morgan fingerprint density at radius 2 is 1.70 bits per heavy atom. The Morgan fingerprint density at radius 3 is 2.43 bits per heavy atom. The van der Waals surface area contributed by atoms with E-state index in [9.17, 15) is 33.6 Å². The highest BCUT2D eigenvalue weighted by Crippen LogP contribution is 2.26. The third-order valence-corrected chi connectivity index (χ3v) is 9.30. The van der Waals surface area contributed by atoms with Gasteiger partial charge < -0.3 is 30.2 Å². The molecule has 3 aromatic rings. The van der Waals surface area contributed by atoms with Crippen molar-refractivity contribution in [1.82, 2.24) is 20.7 Å². The largest absolute Gasteiger partial charge is 0.461 e. The first kappa shape index (κ1) is 39.2. The molecule has 15 nitrogen and oxygen atoms in total. The minimum absolute atomic E-state index is 0.0129. The van der Waals surface area contributed by atoms with Crippen LogP contribution in [-0.4, -0.2) is 89.4 Å². The molecule has 0 radical (unpaired) electrons. The van der Waals surface area contributed by atoms with E-state index in [1.807, 2.05) is 30.3 Å². The number of thiophene rings is 1. The van der Waals surface area contributed by atoms with Crippen LogP contribution in [0.1, 0.15) is 44.1 Å². The van der Waals surface area contributed by atoms with E-state index in [1.54, 1.807) is 41.1 Å². The monoisotopic (exact) mass is 759 g/mol. The number of Topliss-reactive ketones (excluding diaryl/α,β-unsaturated/α-hetero) is 1. The zero-order chi connectivity index (χ0) is 38.5. The highest BCUT2D eigenvalue weighted by atomic mass is 32.1. The van der Waals surface area contributed by atoms with Gasteiger partial charge in [0.05, 0.1) is 12.5 Å². The van der Waals surface area contributed by atoms with Crippen molar-refractivity contribution in [3.63, 3.8) is 0 Å². The molecule has 0 bridgehead atoms. The Balaban J connectivity index is 1.23. The zero-order valence-corrected chi connectivity index (χ0v) is 30.2. The Hall–Kier alpha value is -6.03. The van der Waals surface area contributed by atoms with Crippen LogP contribution in [0, 0.1) is 0 Å². The molecule has 0 spiro atoms. The van der Waals surface area contributed by atoms with Crippen LogP contribution < -0.4 is 20.7 Å². The van der Waals surface area contributed by atoms with Crippen molar-refractivity contribution in [2.45, 2.75) is 63.1 Å². The standard InChI is InChI=1S/C38H41N5O10S/c1-2-20-51-34(46)17-15-29(32(44)23-52-35(47)22-25-18-21-54-24-25)40-36(48)31-9-6-19-42-33(45)16-14-30(37(49)43(31)42)41-38(50)39-26-10-12-28(13-11-26)53-27-7-4-3-5-8-27/h2-5,7-8,10-13,18,21,24,29-31H,1,6,9,14-17,19-20,22-23H2,(H,40,48)(H2,39,41,50)/t29-,30-,31-/m0/s1. The smallest absolute Gasteiger partial charge is 0.319 e. The molecule has 0 unspecified atom stereocenters. The molecule has 1 aromatic heterocycles. The summed E-state index contributed by atoms with van der Waals surface area (Å²) in [6, 6.07) is 13.2. The third-order valence-electron chi connectivity index (χ3n) is 8.57. The van der Waals surface area contributed by atoms with Crippen molar-refractivity contribution in [2.24, 2.45) is 0 Å². The van der Waals surface area contributed by atoms with Crippen LogP contribution in [0.25, 0.3) is 0 Å². The van der Waals surface area contributed by atoms with Crippen LogP contribution in [0.2, 0.25) is 0 Å². The summed E-state index contributed by atoms with van der Waals surface area (Å²) in [5.74, 6) is -2.62. The van der Waals surface area contributed by atoms with Crippen LogP contribution in [0.15, 0.2) is 84.1 Å². The van der Waals surface area contributed by atoms with Gasteiger partial charge in [-0.15, -0.1) is 0 Å². The topological polar surface area (TPSA) is 190 Å². The van der Waals surface area contributed by atoms with Crippen LogP contribution in [0.3, 0.4) is 0 Å². The molecule has 2 aromatic carbocycles. The lowest BCUT2D eigenvalue weighted by Gasteiger charge is -2.43. The quantitative estimate of drug-likeness (QED) is 0.143. The summed E-state index contributed by atoms with van der Waals surface area (Å²) < 4.78 is 16.0. The number of nitrogens with one attached hydrogen (secondary N) is 3. The minimum atomic E-state index is -1.29. The van der Waals surface area contributed by atoms with Gasteiger partial charge in [0.2, 0.25) is 11.8 Å². The summed E-state index contributed by atoms with van der Waals surface area (Å²) in [5.41, 5.74) is 1.14. The van der Waals surface area contributed by atoms with Crippen molar-refractivity contribution in [3.8, 4) is 11.5 Å². The lowest BCUT2D eigenvalue weighted by molar-refractivity contribution is -0.176. The number of hydrazine groups is 1. The van der Waals surface area contributed by atoms with E-state index in [0.717, 1.165) is 10.6 Å². The minimum Gasteiger partial charge on any atom is -0.461 e. The van der Waals surface area contributed by atoms with Gasteiger partial charge in [-0.3, -0.25) is 33.8 Å². The molecule has 2 fully saturated rings. The number of amides is 5. The van der Waals surface area contributed by atoms with Crippen molar-refractivity contribution in [2.75, 3.05) is 25.1 Å². The van der Waals surface area contributed by atoms with E-state index in [2.05, 4.69) is 22.5 Å². The van der Waals surface area contributed by atoms with Crippen molar-refractivity contribution in [1.29, 1.82) is 0 Å². The Labute approximate surface area is 315 Å². The van der Waals surface area contributed by atoms with E-state index in [1.165, 1.54) is 22.4 Å². The van der Waals surface area contributed by atoms with Gasteiger partial charge in [0.15, 0.2) is 12.4 Å². The number of fused-ring (bicyclic) bond motifs is 1. The number of ketones is 1. The molecule has 16 heteroatoms. The van der Waals surface area contributed by atoms with Gasteiger partial charge in [0.25, 0.3) is 5.91 Å². The Bertz CT molecular complexity index is 1820. The molecule has 2 aliphatic rings. The average Bonchev–Trinajstić information content (AvgIpc) is 3.65. The number of carbonyl (C=O) groups excluding carboxylic acids is 7. The van der Waals surface area contributed by atoms with Crippen LogP contribution in [-0.2, 0) is 44.7 Å². The molecule has 3 atom stereocenters. The number of ether oxygens (including phenoxy) is 3.